The molecule has 0 aliphatic carbocycles. The van der Waals surface area contributed by atoms with E-state index in [1.54, 1.807) is 7.05 Å². The molecular weight excluding hydrogens is 104 g/mol. The zero-order chi connectivity index (χ0) is 5.82. The first-order valence-electron chi connectivity index (χ1n) is 2.58. The van der Waals surface area contributed by atoms with E-state index in [9.17, 15) is 0 Å². The molecule has 1 aliphatic rings. The van der Waals surface area contributed by atoms with E-state index in [0.717, 1.165) is 13.1 Å². The quantitative estimate of drug-likeness (QED) is 0.448. The molecule has 0 radical (unpaired) electrons. The highest BCUT2D eigenvalue weighted by Gasteiger charge is 1.89. The number of hydrazine groups is 1. The third-order valence-corrected chi connectivity index (χ3v) is 0.860. The molecule has 0 atom stereocenters. The fraction of sp³-hybridized carbons (Fsp3) is 0.750. The summed E-state index contributed by atoms with van der Waals surface area (Å²) in [6, 6.07) is 0. The van der Waals surface area contributed by atoms with Gasteiger partial charge >= 0.3 is 0 Å². The first kappa shape index (κ1) is 5.37. The molecule has 8 heavy (non-hydrogen) atoms. The smallest absolute Gasteiger partial charge is 0.0182 e. The second-order valence-electron chi connectivity index (χ2n) is 1.46. The SMILES string of the molecule is CNNC1=NCC[N-]1. The van der Waals surface area contributed by atoms with Crippen molar-refractivity contribution in [3.8, 4) is 0 Å². The largest absolute Gasteiger partial charge is 0.393 e. The average molecular weight is 113 g/mol. The summed E-state index contributed by atoms with van der Waals surface area (Å²) in [6.07, 6.45) is 0. The van der Waals surface area contributed by atoms with Crippen LogP contribution in [0, 0.1) is 0 Å². The molecule has 4 nitrogen and oxygen atoms in total. The van der Waals surface area contributed by atoms with Crippen molar-refractivity contribution >= 4 is 5.96 Å². The predicted molar refractivity (Wildman–Crippen MR) is 32.7 cm³/mol. The van der Waals surface area contributed by atoms with E-state index < -0.39 is 0 Å². The number of aliphatic imine (C=N–C) groups is 1. The lowest BCUT2D eigenvalue weighted by molar-refractivity contribution is 0.770. The molecule has 0 unspecified atom stereocenters. The molecular formula is C4H9N4-. The van der Waals surface area contributed by atoms with Gasteiger partial charge in [-0.2, -0.15) is 0 Å². The molecule has 0 amide bonds. The van der Waals surface area contributed by atoms with Crippen molar-refractivity contribution in [2.45, 2.75) is 0 Å². The highest BCUT2D eigenvalue weighted by molar-refractivity contribution is 5.93. The Kier molecular flexibility index (Phi) is 1.69. The van der Waals surface area contributed by atoms with Crippen LogP contribution >= 0.6 is 0 Å². The van der Waals surface area contributed by atoms with Gasteiger partial charge in [0, 0.05) is 5.96 Å². The van der Waals surface area contributed by atoms with Gasteiger partial charge in [0.25, 0.3) is 0 Å². The fourth-order valence-corrected chi connectivity index (χ4v) is 0.553. The highest BCUT2D eigenvalue weighted by Crippen LogP contribution is 1.95. The molecule has 0 aromatic rings. The minimum absolute atomic E-state index is 0.715. The number of nitrogens with one attached hydrogen (secondary N) is 2. The molecule has 4 heteroatoms. The third kappa shape index (κ3) is 1.10. The minimum Gasteiger partial charge on any atom is -0.393 e. The summed E-state index contributed by atoms with van der Waals surface area (Å²) in [5.41, 5.74) is 5.51. The summed E-state index contributed by atoms with van der Waals surface area (Å²) in [4.78, 5) is 4.00. The Morgan fingerprint density at radius 3 is 3.12 bits per heavy atom. The molecule has 0 bridgehead atoms. The van der Waals surface area contributed by atoms with Crippen molar-refractivity contribution in [2.24, 2.45) is 4.99 Å². The molecule has 0 spiro atoms. The van der Waals surface area contributed by atoms with E-state index in [0.29, 0.717) is 5.96 Å². The second-order valence-corrected chi connectivity index (χ2v) is 1.46. The van der Waals surface area contributed by atoms with Gasteiger partial charge in [0.15, 0.2) is 0 Å². The Morgan fingerprint density at radius 2 is 2.62 bits per heavy atom. The fourth-order valence-electron chi connectivity index (χ4n) is 0.553. The van der Waals surface area contributed by atoms with Gasteiger partial charge in [-0.15, -0.1) is 0 Å². The van der Waals surface area contributed by atoms with E-state index in [-0.39, 0.29) is 0 Å². The number of nitrogens with zero attached hydrogens (tertiary/aromatic N) is 2. The van der Waals surface area contributed by atoms with Crippen LogP contribution in [0.4, 0.5) is 0 Å². The van der Waals surface area contributed by atoms with E-state index in [1.165, 1.54) is 0 Å². The van der Waals surface area contributed by atoms with Crippen LogP contribution in [0.15, 0.2) is 4.99 Å². The van der Waals surface area contributed by atoms with Crippen LogP contribution in [0.1, 0.15) is 0 Å². The summed E-state index contributed by atoms with van der Waals surface area (Å²) in [5.74, 6) is 0.715. The van der Waals surface area contributed by atoms with Crippen molar-refractivity contribution in [1.29, 1.82) is 0 Å². The topological polar surface area (TPSA) is 50.5 Å². The first-order chi connectivity index (χ1) is 3.93. The third-order valence-electron chi connectivity index (χ3n) is 0.860. The van der Waals surface area contributed by atoms with Gasteiger partial charge in [0.2, 0.25) is 0 Å². The van der Waals surface area contributed by atoms with E-state index >= 15 is 0 Å². The monoisotopic (exact) mass is 113 g/mol. The van der Waals surface area contributed by atoms with E-state index in [4.69, 9.17) is 0 Å². The Balaban J connectivity index is 2.23. The maximum absolute atomic E-state index is 4.00. The lowest BCUT2D eigenvalue weighted by atomic mass is 10.7. The molecule has 0 saturated carbocycles. The summed E-state index contributed by atoms with van der Waals surface area (Å²) in [5, 5.41) is 4.00. The van der Waals surface area contributed by atoms with Crippen molar-refractivity contribution in [3.05, 3.63) is 5.32 Å². The molecule has 1 heterocycles. The number of hydrogen-bond acceptors (Lipinski definition) is 3. The summed E-state index contributed by atoms with van der Waals surface area (Å²) in [6.45, 7) is 1.65. The molecule has 46 valence electrons. The van der Waals surface area contributed by atoms with Crippen molar-refractivity contribution in [1.82, 2.24) is 10.9 Å². The van der Waals surface area contributed by atoms with Gasteiger partial charge in [0.05, 0.1) is 0 Å². The van der Waals surface area contributed by atoms with Crippen LogP contribution in [0.5, 0.6) is 0 Å². The summed E-state index contributed by atoms with van der Waals surface area (Å²) < 4.78 is 0. The molecule has 2 N–H and O–H groups in total. The normalized spacial score (nSPS) is 17.4. The van der Waals surface area contributed by atoms with Gasteiger partial charge in [-0.3, -0.25) is 5.43 Å². The molecule has 1 rings (SSSR count). The van der Waals surface area contributed by atoms with Crippen molar-refractivity contribution in [2.75, 3.05) is 20.1 Å². The predicted octanol–water partition coefficient (Wildman–Crippen LogP) is -0.546. The zero-order valence-electron chi connectivity index (χ0n) is 4.81. The number of rotatable bonds is 1. The van der Waals surface area contributed by atoms with Crippen molar-refractivity contribution in [3.63, 3.8) is 0 Å². The van der Waals surface area contributed by atoms with Crippen LogP contribution in [0.3, 0.4) is 0 Å². The summed E-state index contributed by atoms with van der Waals surface area (Å²) >= 11 is 0. The summed E-state index contributed by atoms with van der Waals surface area (Å²) in [7, 11) is 1.79. The van der Waals surface area contributed by atoms with Gasteiger partial charge in [0.1, 0.15) is 0 Å². The molecule has 0 aromatic carbocycles. The molecule has 0 fully saturated rings. The van der Waals surface area contributed by atoms with Crippen LogP contribution in [0.25, 0.3) is 5.32 Å². The first-order valence-corrected chi connectivity index (χ1v) is 2.58. The second kappa shape index (κ2) is 2.52. The van der Waals surface area contributed by atoms with Crippen LogP contribution < -0.4 is 10.9 Å². The molecule has 1 aliphatic heterocycles. The van der Waals surface area contributed by atoms with Crippen LogP contribution in [0.2, 0.25) is 0 Å². The number of guanidine groups is 1. The zero-order valence-corrected chi connectivity index (χ0v) is 4.81. The van der Waals surface area contributed by atoms with Gasteiger partial charge < -0.3 is 15.7 Å². The lowest BCUT2D eigenvalue weighted by Crippen LogP contribution is -2.32. The Labute approximate surface area is 48.3 Å². The highest BCUT2D eigenvalue weighted by atomic mass is 15.4. The van der Waals surface area contributed by atoms with Crippen LogP contribution in [-0.2, 0) is 0 Å². The average Bonchev–Trinajstić information content (AvgIpc) is 2.19. The Morgan fingerprint density at radius 1 is 1.75 bits per heavy atom. The maximum Gasteiger partial charge on any atom is 0.0182 e. The number of hydrogen-bond donors (Lipinski definition) is 2. The Hall–Kier alpha value is -0.770. The van der Waals surface area contributed by atoms with E-state index in [1.807, 2.05) is 0 Å². The minimum atomic E-state index is 0.715. The van der Waals surface area contributed by atoms with Crippen molar-refractivity contribution < 1.29 is 0 Å². The van der Waals surface area contributed by atoms with E-state index in [2.05, 4.69) is 21.2 Å². The van der Waals surface area contributed by atoms with Gasteiger partial charge in [-0.1, -0.05) is 0 Å². The standard InChI is InChI=1S/C4H9N4/c1-5-8-4-6-2-3-7-4/h5H,2-3H2,1H3,(H-,6,7,8)/q-1. The lowest BCUT2D eigenvalue weighted by Gasteiger charge is -2.11. The van der Waals surface area contributed by atoms with Crippen LogP contribution in [-0.4, -0.2) is 26.1 Å². The maximum atomic E-state index is 4.00. The molecule has 0 aromatic heterocycles. The van der Waals surface area contributed by atoms with Gasteiger partial charge in [-0.05, 0) is 20.1 Å². The molecule has 0 saturated heterocycles. The van der Waals surface area contributed by atoms with Gasteiger partial charge in [-0.25, -0.2) is 0 Å². The Bertz CT molecular complexity index is 98.2.